The highest BCUT2D eigenvalue weighted by molar-refractivity contribution is 7.99. The van der Waals surface area contributed by atoms with Gasteiger partial charge in [-0.05, 0) is 55.0 Å². The van der Waals surface area contributed by atoms with Gasteiger partial charge in [-0.15, -0.1) is 11.8 Å². The molecule has 1 heterocycles. The molecule has 0 spiro atoms. The molecule has 1 aliphatic rings. The van der Waals surface area contributed by atoms with Crippen molar-refractivity contribution < 1.29 is 4.74 Å². The van der Waals surface area contributed by atoms with Crippen LogP contribution < -0.4 is 9.64 Å². The maximum Gasteiger partial charge on any atom is 0.123 e. The monoisotopic (exact) mass is 369 g/mol. The van der Waals surface area contributed by atoms with Gasteiger partial charge in [-0.3, -0.25) is 0 Å². The second-order valence-corrected chi connectivity index (χ2v) is 8.47. The number of hydrogen-bond acceptors (Lipinski definition) is 3. The van der Waals surface area contributed by atoms with Crippen molar-refractivity contribution in [3.63, 3.8) is 0 Å². The Hall–Kier alpha value is -1.61. The minimum absolute atomic E-state index is 0.344. The molecule has 140 valence electrons. The van der Waals surface area contributed by atoms with Crippen molar-refractivity contribution in [1.29, 1.82) is 0 Å². The van der Waals surface area contributed by atoms with Crippen LogP contribution in [0.3, 0.4) is 0 Å². The molecule has 1 unspecified atom stereocenters. The number of unbranched alkanes of at least 4 members (excludes halogenated alkanes) is 1. The molecule has 1 atom stereocenters. The van der Waals surface area contributed by atoms with Crippen molar-refractivity contribution in [3.05, 3.63) is 48.0 Å². The van der Waals surface area contributed by atoms with Crippen molar-refractivity contribution in [2.45, 2.75) is 51.3 Å². The summed E-state index contributed by atoms with van der Waals surface area (Å²) in [6, 6.07) is 15.4. The number of ether oxygens (including phenoxy) is 1. The molecule has 1 aliphatic heterocycles. The maximum atomic E-state index is 5.60. The lowest BCUT2D eigenvalue weighted by molar-refractivity contribution is 0.295. The fourth-order valence-corrected chi connectivity index (χ4v) is 5.24. The van der Waals surface area contributed by atoms with E-state index in [4.69, 9.17) is 4.74 Å². The van der Waals surface area contributed by atoms with E-state index in [0.717, 1.165) is 12.3 Å². The maximum absolute atomic E-state index is 5.60. The SMILES string of the molecule is CCCCC1(CC)CSc2cc(OC)c(C)cc2N(c2ccccc2)C1. The van der Waals surface area contributed by atoms with Gasteiger partial charge in [0.1, 0.15) is 5.75 Å². The number of para-hydroxylation sites is 1. The van der Waals surface area contributed by atoms with E-state index in [1.54, 1.807) is 7.11 Å². The van der Waals surface area contributed by atoms with Gasteiger partial charge in [0.2, 0.25) is 0 Å². The molecule has 0 amide bonds. The van der Waals surface area contributed by atoms with E-state index >= 15 is 0 Å². The van der Waals surface area contributed by atoms with Crippen LogP contribution in [0.4, 0.5) is 11.4 Å². The third kappa shape index (κ3) is 3.88. The predicted octanol–water partition coefficient (Wildman–Crippen LogP) is 6.83. The van der Waals surface area contributed by atoms with Gasteiger partial charge in [-0.1, -0.05) is 44.9 Å². The Morgan fingerprint density at radius 1 is 1.15 bits per heavy atom. The lowest BCUT2D eigenvalue weighted by atomic mass is 9.81. The van der Waals surface area contributed by atoms with Gasteiger partial charge in [0, 0.05) is 22.9 Å². The predicted molar refractivity (Wildman–Crippen MR) is 114 cm³/mol. The van der Waals surface area contributed by atoms with E-state index in [1.165, 1.54) is 53.3 Å². The Kier molecular flexibility index (Phi) is 6.18. The Bertz CT molecular complexity index is 730. The standard InChI is InChI=1S/C23H31NOS/c1-5-7-13-23(6-2)16-24(19-11-9-8-10-12-19)20-14-18(3)21(25-4)15-22(20)26-17-23/h8-12,14-15H,5-7,13,16-17H2,1-4H3. The molecule has 2 aromatic rings. The molecule has 0 saturated heterocycles. The molecule has 26 heavy (non-hydrogen) atoms. The van der Waals surface area contributed by atoms with Gasteiger partial charge >= 0.3 is 0 Å². The zero-order chi connectivity index (χ0) is 18.6. The van der Waals surface area contributed by atoms with Crippen molar-refractivity contribution in [2.75, 3.05) is 24.3 Å². The van der Waals surface area contributed by atoms with Crippen LogP contribution in [-0.2, 0) is 0 Å². The van der Waals surface area contributed by atoms with Crippen molar-refractivity contribution in [1.82, 2.24) is 0 Å². The number of anilines is 2. The number of hydrogen-bond donors (Lipinski definition) is 0. The minimum atomic E-state index is 0.344. The number of rotatable bonds is 6. The molecule has 2 nitrogen and oxygen atoms in total. The largest absolute Gasteiger partial charge is 0.496 e. The van der Waals surface area contributed by atoms with Crippen LogP contribution in [0.1, 0.15) is 45.1 Å². The number of benzene rings is 2. The summed E-state index contributed by atoms with van der Waals surface area (Å²) in [4.78, 5) is 3.88. The Balaban J connectivity index is 2.09. The van der Waals surface area contributed by atoms with Gasteiger partial charge < -0.3 is 9.64 Å². The molecule has 3 rings (SSSR count). The Morgan fingerprint density at radius 2 is 1.92 bits per heavy atom. The van der Waals surface area contributed by atoms with Gasteiger partial charge in [0.15, 0.2) is 0 Å². The van der Waals surface area contributed by atoms with Crippen molar-refractivity contribution in [3.8, 4) is 5.75 Å². The first-order valence-electron chi connectivity index (χ1n) is 9.76. The number of thioether (sulfide) groups is 1. The third-order valence-electron chi connectivity index (χ3n) is 5.67. The normalized spacial score (nSPS) is 19.8. The van der Waals surface area contributed by atoms with Crippen LogP contribution in [0.15, 0.2) is 47.4 Å². The Morgan fingerprint density at radius 3 is 2.58 bits per heavy atom. The van der Waals surface area contributed by atoms with Crippen LogP contribution >= 0.6 is 11.8 Å². The molecule has 0 radical (unpaired) electrons. The van der Waals surface area contributed by atoms with Crippen LogP contribution in [0.5, 0.6) is 5.75 Å². The minimum Gasteiger partial charge on any atom is -0.496 e. The number of methoxy groups -OCH3 is 1. The summed E-state index contributed by atoms with van der Waals surface area (Å²) in [5.41, 5.74) is 4.16. The zero-order valence-corrected chi connectivity index (χ0v) is 17.4. The molecular weight excluding hydrogens is 338 g/mol. The average Bonchev–Trinajstić information content (AvgIpc) is 2.84. The second-order valence-electron chi connectivity index (χ2n) is 7.46. The lowest BCUT2D eigenvalue weighted by Gasteiger charge is -2.37. The van der Waals surface area contributed by atoms with Gasteiger partial charge in [0.25, 0.3) is 0 Å². The summed E-state index contributed by atoms with van der Waals surface area (Å²) in [7, 11) is 1.77. The summed E-state index contributed by atoms with van der Waals surface area (Å²) in [5.74, 6) is 2.16. The summed E-state index contributed by atoms with van der Waals surface area (Å²) >= 11 is 2.01. The molecule has 0 aromatic heterocycles. The number of aryl methyl sites for hydroxylation is 1. The molecule has 2 aromatic carbocycles. The molecule has 0 bridgehead atoms. The quantitative estimate of drug-likeness (QED) is 0.553. The first-order valence-corrected chi connectivity index (χ1v) is 10.7. The van der Waals surface area contributed by atoms with Crippen molar-refractivity contribution in [2.24, 2.45) is 5.41 Å². The van der Waals surface area contributed by atoms with E-state index in [2.05, 4.69) is 68.1 Å². The van der Waals surface area contributed by atoms with Crippen LogP contribution in [0, 0.1) is 12.3 Å². The van der Waals surface area contributed by atoms with Gasteiger partial charge in [-0.25, -0.2) is 0 Å². The molecule has 0 fully saturated rings. The van der Waals surface area contributed by atoms with Gasteiger partial charge in [-0.2, -0.15) is 0 Å². The second kappa shape index (κ2) is 8.39. The van der Waals surface area contributed by atoms with E-state index in [-0.39, 0.29) is 0 Å². The molecule has 0 saturated carbocycles. The van der Waals surface area contributed by atoms with E-state index in [0.29, 0.717) is 5.41 Å². The smallest absolute Gasteiger partial charge is 0.123 e. The molecule has 3 heteroatoms. The molecular formula is C23H31NOS. The summed E-state index contributed by atoms with van der Waals surface area (Å²) in [5, 5.41) is 0. The highest BCUT2D eigenvalue weighted by Crippen LogP contribution is 2.48. The molecule has 0 aliphatic carbocycles. The molecule has 0 N–H and O–H groups in total. The van der Waals surface area contributed by atoms with Crippen molar-refractivity contribution >= 4 is 23.1 Å². The first kappa shape index (κ1) is 19.2. The van der Waals surface area contributed by atoms with Crippen LogP contribution in [0.2, 0.25) is 0 Å². The fraction of sp³-hybridized carbons (Fsp3) is 0.478. The first-order chi connectivity index (χ1) is 12.6. The van der Waals surface area contributed by atoms with E-state index in [1.807, 2.05) is 11.8 Å². The highest BCUT2D eigenvalue weighted by atomic mass is 32.2. The summed E-state index contributed by atoms with van der Waals surface area (Å²) < 4.78 is 5.60. The zero-order valence-electron chi connectivity index (χ0n) is 16.5. The van der Waals surface area contributed by atoms with E-state index < -0.39 is 0 Å². The number of nitrogens with zero attached hydrogens (tertiary/aromatic N) is 1. The summed E-state index contributed by atoms with van der Waals surface area (Å²) in [6.07, 6.45) is 5.07. The lowest BCUT2D eigenvalue weighted by Crippen LogP contribution is -2.35. The van der Waals surface area contributed by atoms with Crippen LogP contribution in [-0.4, -0.2) is 19.4 Å². The number of fused-ring (bicyclic) bond motifs is 1. The third-order valence-corrected chi connectivity index (χ3v) is 7.07. The van der Waals surface area contributed by atoms with Crippen LogP contribution in [0.25, 0.3) is 0 Å². The summed E-state index contributed by atoms with van der Waals surface area (Å²) in [6.45, 7) is 7.88. The van der Waals surface area contributed by atoms with Gasteiger partial charge in [0.05, 0.1) is 12.8 Å². The highest BCUT2D eigenvalue weighted by Gasteiger charge is 2.35. The topological polar surface area (TPSA) is 12.5 Å². The average molecular weight is 370 g/mol. The fourth-order valence-electron chi connectivity index (χ4n) is 3.83. The van der Waals surface area contributed by atoms with E-state index in [9.17, 15) is 0 Å². The Labute approximate surface area is 162 Å².